The number of hydrogen-bond donors (Lipinski definition) is 5. The lowest BCUT2D eigenvalue weighted by atomic mass is 9.92. The molecule has 2 aromatic rings. The molecule has 1 aliphatic heterocycles. The topological polar surface area (TPSA) is 86.0 Å². The van der Waals surface area contributed by atoms with Gasteiger partial charge in [0.25, 0.3) is 0 Å². The maximum Gasteiger partial charge on any atom is 0.149 e. The Morgan fingerprint density at radius 1 is 1.24 bits per heavy atom. The molecular formula is C22H25F2N5. The van der Waals surface area contributed by atoms with Crippen molar-refractivity contribution >= 4 is 23.2 Å². The van der Waals surface area contributed by atoms with E-state index in [9.17, 15) is 8.78 Å². The molecule has 29 heavy (non-hydrogen) atoms. The summed E-state index contributed by atoms with van der Waals surface area (Å²) in [5.41, 5.74) is 11.3. The maximum atomic E-state index is 14.3. The SMILES string of the molecule is CN/C=C(\C=N)c1ccc2c(c1)C(Nc1ccc(F)cc1F)CCN/C2=C(/C)N. The monoisotopic (exact) mass is 397 g/mol. The summed E-state index contributed by atoms with van der Waals surface area (Å²) in [4.78, 5) is 0. The Hall–Kier alpha value is -3.35. The summed E-state index contributed by atoms with van der Waals surface area (Å²) in [5.74, 6) is -1.25. The lowest BCUT2D eigenvalue weighted by molar-refractivity contribution is 0.581. The van der Waals surface area contributed by atoms with Gasteiger partial charge in [-0.25, -0.2) is 8.78 Å². The van der Waals surface area contributed by atoms with Crippen LogP contribution < -0.4 is 21.7 Å². The number of halogens is 2. The van der Waals surface area contributed by atoms with E-state index in [1.54, 1.807) is 13.2 Å². The summed E-state index contributed by atoms with van der Waals surface area (Å²) in [7, 11) is 1.77. The van der Waals surface area contributed by atoms with Crippen LogP contribution in [0.4, 0.5) is 14.5 Å². The van der Waals surface area contributed by atoms with Crippen molar-refractivity contribution in [2.24, 2.45) is 5.73 Å². The number of allylic oxidation sites excluding steroid dienone is 2. The first-order valence-electron chi connectivity index (χ1n) is 9.39. The predicted octanol–water partition coefficient (Wildman–Crippen LogP) is 3.97. The van der Waals surface area contributed by atoms with Gasteiger partial charge >= 0.3 is 0 Å². The normalized spacial score (nSPS) is 18.2. The van der Waals surface area contributed by atoms with Crippen molar-refractivity contribution in [2.75, 3.05) is 18.9 Å². The van der Waals surface area contributed by atoms with Crippen molar-refractivity contribution in [2.45, 2.75) is 19.4 Å². The van der Waals surface area contributed by atoms with E-state index in [0.29, 0.717) is 24.2 Å². The van der Waals surface area contributed by atoms with E-state index in [4.69, 9.17) is 11.1 Å². The zero-order valence-corrected chi connectivity index (χ0v) is 16.4. The molecule has 1 atom stereocenters. The molecule has 0 saturated carbocycles. The molecule has 0 aromatic heterocycles. The zero-order valence-electron chi connectivity index (χ0n) is 16.4. The molecule has 0 amide bonds. The molecule has 0 spiro atoms. The highest BCUT2D eigenvalue weighted by atomic mass is 19.1. The average Bonchev–Trinajstić information content (AvgIpc) is 2.87. The molecule has 2 aromatic carbocycles. The van der Waals surface area contributed by atoms with Gasteiger partial charge in [-0.3, -0.25) is 0 Å². The fraction of sp³-hybridized carbons (Fsp3) is 0.227. The van der Waals surface area contributed by atoms with Gasteiger partial charge in [-0.05, 0) is 42.7 Å². The second-order valence-corrected chi connectivity index (χ2v) is 6.93. The van der Waals surface area contributed by atoms with E-state index in [1.165, 1.54) is 18.3 Å². The Kier molecular flexibility index (Phi) is 6.16. The van der Waals surface area contributed by atoms with Crippen LogP contribution in [0.1, 0.15) is 36.1 Å². The second kappa shape index (κ2) is 8.77. The molecule has 0 radical (unpaired) electrons. The maximum absolute atomic E-state index is 14.3. The van der Waals surface area contributed by atoms with Crippen LogP contribution in [-0.2, 0) is 0 Å². The summed E-state index contributed by atoms with van der Waals surface area (Å²) in [5, 5.41) is 17.2. The molecule has 1 heterocycles. The number of rotatable bonds is 5. The molecule has 0 aliphatic carbocycles. The first-order valence-corrected chi connectivity index (χ1v) is 9.39. The minimum absolute atomic E-state index is 0.226. The smallest absolute Gasteiger partial charge is 0.149 e. The second-order valence-electron chi connectivity index (χ2n) is 6.93. The Labute approximate surface area is 169 Å². The van der Waals surface area contributed by atoms with Gasteiger partial charge in [0.1, 0.15) is 11.6 Å². The van der Waals surface area contributed by atoms with Crippen LogP contribution in [0, 0.1) is 17.0 Å². The van der Waals surface area contributed by atoms with Crippen molar-refractivity contribution in [1.29, 1.82) is 5.41 Å². The van der Waals surface area contributed by atoms with Crippen LogP contribution in [0.15, 0.2) is 48.3 Å². The first kappa shape index (κ1) is 20.4. The van der Waals surface area contributed by atoms with Crippen LogP contribution in [-0.4, -0.2) is 19.8 Å². The van der Waals surface area contributed by atoms with Gasteiger partial charge in [0.15, 0.2) is 0 Å². The third kappa shape index (κ3) is 4.39. The average molecular weight is 397 g/mol. The lowest BCUT2D eigenvalue weighted by Crippen LogP contribution is -2.17. The Morgan fingerprint density at radius 3 is 2.69 bits per heavy atom. The highest BCUT2D eigenvalue weighted by molar-refractivity contribution is 6.08. The number of nitrogens with one attached hydrogen (secondary N) is 4. The van der Waals surface area contributed by atoms with E-state index in [1.807, 2.05) is 25.1 Å². The predicted molar refractivity (Wildman–Crippen MR) is 114 cm³/mol. The Morgan fingerprint density at radius 2 is 2.03 bits per heavy atom. The third-order valence-corrected chi connectivity index (χ3v) is 4.87. The van der Waals surface area contributed by atoms with Gasteiger partial charge < -0.3 is 27.1 Å². The number of hydrogen-bond acceptors (Lipinski definition) is 5. The van der Waals surface area contributed by atoms with Crippen molar-refractivity contribution < 1.29 is 8.78 Å². The zero-order chi connectivity index (χ0) is 21.0. The molecular weight excluding hydrogens is 372 g/mol. The van der Waals surface area contributed by atoms with E-state index < -0.39 is 11.6 Å². The van der Waals surface area contributed by atoms with Crippen molar-refractivity contribution in [1.82, 2.24) is 10.6 Å². The van der Waals surface area contributed by atoms with Crippen LogP contribution in [0.5, 0.6) is 0 Å². The van der Waals surface area contributed by atoms with Crippen molar-refractivity contribution in [3.63, 3.8) is 0 Å². The van der Waals surface area contributed by atoms with E-state index in [2.05, 4.69) is 16.0 Å². The number of nitrogens with two attached hydrogens (primary N) is 1. The van der Waals surface area contributed by atoms with Gasteiger partial charge in [-0.15, -0.1) is 0 Å². The lowest BCUT2D eigenvalue weighted by Gasteiger charge is -2.22. The van der Waals surface area contributed by atoms with Crippen LogP contribution in [0.2, 0.25) is 0 Å². The van der Waals surface area contributed by atoms with Crippen molar-refractivity contribution in [3.05, 3.63) is 76.6 Å². The standard InChI is InChI=1S/C22H25F2N5/c1-13(26)22-17-5-3-14(15(11-25)12-27-2)9-18(17)20(7-8-28-22)29-21-6-4-16(23)10-19(21)24/h3-6,9-12,20,25,27-29H,7-8,26H2,1-2H3/b15-12+,22-13-,25-11?. The fourth-order valence-electron chi connectivity index (χ4n) is 3.51. The Bertz CT molecular complexity index is 977. The molecule has 0 saturated heterocycles. The van der Waals surface area contributed by atoms with Crippen LogP contribution in [0.3, 0.4) is 0 Å². The summed E-state index contributed by atoms with van der Waals surface area (Å²) < 4.78 is 27.5. The summed E-state index contributed by atoms with van der Waals surface area (Å²) in [6, 6.07) is 9.15. The highest BCUT2D eigenvalue weighted by Crippen LogP contribution is 2.34. The van der Waals surface area contributed by atoms with Gasteiger partial charge in [-0.2, -0.15) is 0 Å². The number of anilines is 1. The van der Waals surface area contributed by atoms with Crippen LogP contribution >= 0.6 is 0 Å². The van der Waals surface area contributed by atoms with Crippen LogP contribution in [0.25, 0.3) is 11.3 Å². The molecule has 5 nitrogen and oxygen atoms in total. The van der Waals surface area contributed by atoms with Gasteiger partial charge in [0.2, 0.25) is 0 Å². The van der Waals surface area contributed by atoms with Gasteiger partial charge in [0, 0.05) is 48.9 Å². The minimum Gasteiger partial charge on any atom is -0.401 e. The number of fused-ring (bicyclic) bond motifs is 1. The quantitative estimate of drug-likeness (QED) is 0.494. The van der Waals surface area contributed by atoms with E-state index in [0.717, 1.165) is 28.5 Å². The molecule has 1 aliphatic rings. The molecule has 152 valence electrons. The molecule has 0 fully saturated rings. The molecule has 7 heteroatoms. The Balaban J connectivity index is 2.11. The number of benzene rings is 2. The fourth-order valence-corrected chi connectivity index (χ4v) is 3.51. The highest BCUT2D eigenvalue weighted by Gasteiger charge is 2.23. The summed E-state index contributed by atoms with van der Waals surface area (Å²) >= 11 is 0. The molecule has 0 bridgehead atoms. The van der Waals surface area contributed by atoms with E-state index >= 15 is 0 Å². The van der Waals surface area contributed by atoms with E-state index in [-0.39, 0.29) is 11.7 Å². The molecule has 6 N–H and O–H groups in total. The third-order valence-electron chi connectivity index (χ3n) is 4.87. The van der Waals surface area contributed by atoms with Gasteiger partial charge in [-0.1, -0.05) is 12.1 Å². The molecule has 1 unspecified atom stereocenters. The largest absolute Gasteiger partial charge is 0.401 e. The molecule has 3 rings (SSSR count). The minimum atomic E-state index is -0.638. The summed E-state index contributed by atoms with van der Waals surface area (Å²) in [6.07, 6.45) is 3.69. The first-order chi connectivity index (χ1) is 13.9. The van der Waals surface area contributed by atoms with Gasteiger partial charge in [0.05, 0.1) is 17.4 Å². The van der Waals surface area contributed by atoms with Crippen molar-refractivity contribution in [3.8, 4) is 0 Å². The summed E-state index contributed by atoms with van der Waals surface area (Å²) in [6.45, 7) is 2.47.